The Labute approximate surface area is 305 Å². The summed E-state index contributed by atoms with van der Waals surface area (Å²) in [6, 6.07) is 50.1. The van der Waals surface area contributed by atoms with Crippen molar-refractivity contribution < 1.29 is 0 Å². The Balaban J connectivity index is 1.16. The van der Waals surface area contributed by atoms with Crippen LogP contribution in [0.2, 0.25) is 0 Å². The molecule has 3 aliphatic rings. The number of dihydropyridines is 1. The van der Waals surface area contributed by atoms with Crippen molar-refractivity contribution >= 4 is 38.8 Å². The molecule has 6 aromatic carbocycles. The Bertz CT molecular complexity index is 2480. The first-order chi connectivity index (χ1) is 25.6. The summed E-state index contributed by atoms with van der Waals surface area (Å²) in [6.45, 7) is 4.46. The molecule has 9 rings (SSSR count). The van der Waals surface area contributed by atoms with E-state index in [1.54, 1.807) is 0 Å². The Kier molecular flexibility index (Phi) is 8.21. The first kappa shape index (κ1) is 31.7. The maximum Gasteiger partial charge on any atom is 0.159 e. The summed E-state index contributed by atoms with van der Waals surface area (Å²) in [6.07, 6.45) is 10.9. The zero-order valence-electron chi connectivity index (χ0n) is 29.4. The van der Waals surface area contributed by atoms with Crippen LogP contribution in [0.3, 0.4) is 0 Å². The van der Waals surface area contributed by atoms with E-state index in [0.29, 0.717) is 0 Å². The van der Waals surface area contributed by atoms with Gasteiger partial charge in [-0.15, -0.1) is 0 Å². The molecule has 1 aliphatic carbocycles. The van der Waals surface area contributed by atoms with E-state index in [0.717, 1.165) is 28.4 Å². The molecule has 252 valence electrons. The molecule has 0 saturated carbocycles. The molecular weight excluding hydrogens is 633 g/mol. The maximum absolute atomic E-state index is 5.32. The minimum Gasteiger partial charge on any atom is -0.378 e. The van der Waals surface area contributed by atoms with E-state index in [9.17, 15) is 0 Å². The molecule has 2 aliphatic heterocycles. The van der Waals surface area contributed by atoms with E-state index in [2.05, 4.69) is 194 Å². The third-order valence-electron chi connectivity index (χ3n) is 10.7. The Morgan fingerprint density at radius 2 is 1.29 bits per heavy atom. The first-order valence-corrected chi connectivity index (χ1v) is 18.2. The van der Waals surface area contributed by atoms with Crippen LogP contribution in [0.4, 0.5) is 0 Å². The fraction of sp³-hybridized carbons (Fsp3) is 0.125. The second-order valence-corrected chi connectivity index (χ2v) is 14.0. The molecule has 52 heavy (non-hydrogen) atoms. The van der Waals surface area contributed by atoms with Crippen LogP contribution >= 0.6 is 0 Å². The van der Waals surface area contributed by atoms with Crippen molar-refractivity contribution in [2.24, 2.45) is 15.9 Å². The lowest BCUT2D eigenvalue weighted by Crippen LogP contribution is -2.35. The van der Waals surface area contributed by atoms with Crippen molar-refractivity contribution in [3.8, 4) is 0 Å². The van der Waals surface area contributed by atoms with Gasteiger partial charge in [0.2, 0.25) is 0 Å². The molecule has 0 aromatic heterocycles. The highest BCUT2D eigenvalue weighted by atomic mass is 15.2. The Morgan fingerprint density at radius 1 is 0.615 bits per heavy atom. The number of rotatable bonds is 6. The van der Waals surface area contributed by atoms with Gasteiger partial charge in [0.25, 0.3) is 0 Å². The lowest BCUT2D eigenvalue weighted by atomic mass is 9.75. The summed E-state index contributed by atoms with van der Waals surface area (Å²) in [7, 11) is 0. The predicted octanol–water partition coefficient (Wildman–Crippen LogP) is 11.0. The van der Waals surface area contributed by atoms with E-state index in [-0.39, 0.29) is 24.0 Å². The molecule has 2 heterocycles. The Morgan fingerprint density at radius 3 is 2.06 bits per heavy atom. The molecule has 0 spiro atoms. The molecule has 0 fully saturated rings. The van der Waals surface area contributed by atoms with Gasteiger partial charge in [-0.3, -0.25) is 0 Å². The number of nitrogens with zero attached hydrogens (tertiary/aromatic N) is 2. The molecule has 2 N–H and O–H groups in total. The molecule has 0 bridgehead atoms. The van der Waals surface area contributed by atoms with Gasteiger partial charge < -0.3 is 10.6 Å². The summed E-state index contributed by atoms with van der Waals surface area (Å²) in [5, 5.41) is 12.2. The van der Waals surface area contributed by atoms with Gasteiger partial charge in [0.05, 0.1) is 6.04 Å². The third-order valence-corrected chi connectivity index (χ3v) is 10.7. The maximum atomic E-state index is 5.32. The van der Waals surface area contributed by atoms with Crippen LogP contribution in [0.15, 0.2) is 191 Å². The number of amidine groups is 2. The number of aliphatic imine (C=N–C) groups is 2. The van der Waals surface area contributed by atoms with Crippen molar-refractivity contribution in [1.82, 2.24) is 10.6 Å². The minimum absolute atomic E-state index is 0.167. The highest BCUT2D eigenvalue weighted by molar-refractivity contribution is 6.17. The highest BCUT2D eigenvalue weighted by Crippen LogP contribution is 2.42. The average molecular weight is 673 g/mol. The van der Waals surface area contributed by atoms with Gasteiger partial charge in [0.1, 0.15) is 12.0 Å². The monoisotopic (exact) mass is 672 g/mol. The smallest absolute Gasteiger partial charge is 0.159 e. The average Bonchev–Trinajstić information content (AvgIpc) is 3.21. The molecule has 0 amide bonds. The van der Waals surface area contributed by atoms with Gasteiger partial charge in [-0.25, -0.2) is 9.98 Å². The molecule has 4 nitrogen and oxygen atoms in total. The second-order valence-electron chi connectivity index (χ2n) is 14.0. The minimum atomic E-state index is -0.285. The summed E-state index contributed by atoms with van der Waals surface area (Å²) < 4.78 is 0. The fourth-order valence-corrected chi connectivity index (χ4v) is 7.83. The second kappa shape index (κ2) is 13.5. The summed E-state index contributed by atoms with van der Waals surface area (Å²) >= 11 is 0. The van der Waals surface area contributed by atoms with E-state index >= 15 is 0 Å². The van der Waals surface area contributed by atoms with Gasteiger partial charge in [0.15, 0.2) is 5.84 Å². The standard InChI is InChI=1S/C48H40N4/c1-31-12-11-19-45(49-31)37-25-22-35(23-26-37)43-30-40(29-42(32(43)2)33-13-5-3-6-14-33)48-51-46(38-16-7-4-8-17-38)50-47(52-48)39-27-24-36-21-20-34-15-9-10-18-41(34)44(36)28-39/h3-30,32,42,45-46,49H,1-2H3,(H,50,51,52)/t32-,42?,45?,46?/m0/s1. The van der Waals surface area contributed by atoms with Crippen LogP contribution < -0.4 is 10.6 Å². The predicted molar refractivity (Wildman–Crippen MR) is 217 cm³/mol. The number of hydrogen-bond acceptors (Lipinski definition) is 4. The molecule has 3 unspecified atom stereocenters. The molecule has 0 radical (unpaired) electrons. The molecular formula is C48H40N4. The van der Waals surface area contributed by atoms with E-state index in [4.69, 9.17) is 9.98 Å². The zero-order chi connectivity index (χ0) is 35.0. The quantitative estimate of drug-likeness (QED) is 0.173. The van der Waals surface area contributed by atoms with Crippen LogP contribution in [0.25, 0.3) is 27.1 Å². The molecule has 0 saturated heterocycles. The fourth-order valence-electron chi connectivity index (χ4n) is 7.83. The van der Waals surface area contributed by atoms with Gasteiger partial charge in [-0.2, -0.15) is 0 Å². The SMILES string of the molecule is CC1=CC=CC(c2ccc(C3=CC(C4=NC(c5ccc6ccc7ccccc7c6c5)=NC(c5ccccc5)N4)=CC(c4ccccc4)[C@@H]3C)cc2)N1. The highest BCUT2D eigenvalue weighted by Gasteiger charge is 2.30. The van der Waals surface area contributed by atoms with Crippen LogP contribution in [-0.2, 0) is 0 Å². The van der Waals surface area contributed by atoms with Gasteiger partial charge in [0, 0.05) is 22.8 Å². The first-order valence-electron chi connectivity index (χ1n) is 18.2. The van der Waals surface area contributed by atoms with Crippen molar-refractivity contribution in [1.29, 1.82) is 0 Å². The topological polar surface area (TPSA) is 48.8 Å². The summed E-state index contributed by atoms with van der Waals surface area (Å²) in [5.41, 5.74) is 9.41. The molecule has 4 heteroatoms. The largest absolute Gasteiger partial charge is 0.378 e. The Hall–Kier alpha value is -6.26. The number of nitrogens with one attached hydrogen (secondary N) is 2. The van der Waals surface area contributed by atoms with Crippen LogP contribution in [0, 0.1) is 5.92 Å². The normalized spacial score (nSPS) is 21.3. The zero-order valence-corrected chi connectivity index (χ0v) is 29.4. The summed E-state index contributed by atoms with van der Waals surface area (Å²) in [4.78, 5) is 10.6. The molecule has 6 aromatic rings. The van der Waals surface area contributed by atoms with Crippen LogP contribution in [-0.4, -0.2) is 11.7 Å². The van der Waals surface area contributed by atoms with Gasteiger partial charge in [-0.05, 0) is 80.4 Å². The number of benzene rings is 6. The van der Waals surface area contributed by atoms with Gasteiger partial charge in [-0.1, -0.05) is 159 Å². The number of fused-ring (bicyclic) bond motifs is 3. The van der Waals surface area contributed by atoms with Crippen LogP contribution in [0.5, 0.6) is 0 Å². The van der Waals surface area contributed by atoms with Crippen molar-refractivity contribution in [2.45, 2.75) is 32.0 Å². The molecule has 4 atom stereocenters. The lowest BCUT2D eigenvalue weighted by molar-refractivity contribution is 0.646. The van der Waals surface area contributed by atoms with Crippen molar-refractivity contribution in [2.75, 3.05) is 0 Å². The van der Waals surface area contributed by atoms with Crippen molar-refractivity contribution in [3.05, 3.63) is 209 Å². The number of hydrogen-bond donors (Lipinski definition) is 2. The van der Waals surface area contributed by atoms with Crippen molar-refractivity contribution in [3.63, 3.8) is 0 Å². The van der Waals surface area contributed by atoms with E-state index in [1.165, 1.54) is 49.5 Å². The van der Waals surface area contributed by atoms with Gasteiger partial charge >= 0.3 is 0 Å². The summed E-state index contributed by atoms with van der Waals surface area (Å²) in [5.74, 6) is 1.98. The van der Waals surface area contributed by atoms with E-state index < -0.39 is 0 Å². The van der Waals surface area contributed by atoms with E-state index in [1.807, 2.05) is 0 Å². The number of allylic oxidation sites excluding steroid dienone is 5. The van der Waals surface area contributed by atoms with Crippen LogP contribution in [0.1, 0.15) is 59.8 Å². The third kappa shape index (κ3) is 6.07. The lowest BCUT2D eigenvalue weighted by Gasteiger charge is -2.32.